The molecule has 8 heteroatoms. The van der Waals surface area contributed by atoms with E-state index >= 15 is 0 Å². The molecule has 2 aliphatic rings. The average Bonchev–Trinajstić information content (AvgIpc) is 3.06. The third-order valence-electron chi connectivity index (χ3n) is 4.27. The number of benzene rings is 1. The van der Waals surface area contributed by atoms with Crippen molar-refractivity contribution in [3.05, 3.63) is 34.9 Å². The standard InChI is InChI=1S/C18H22Cl2O6/c1-10(23-13(21)8-19)14-15(16-17(24-14)26-18(2,3)25-16)22-9-11-4-6-12(20)7-5-11/h4-7,10,14-17H,8-9H2,1-3H3/t10-,14-,15+,16-,17-/m1/s1. The van der Waals surface area contributed by atoms with Crippen LogP contribution in [0.2, 0.25) is 5.02 Å². The maximum absolute atomic E-state index is 11.5. The van der Waals surface area contributed by atoms with Crippen molar-refractivity contribution < 1.29 is 28.5 Å². The molecule has 0 spiro atoms. The molecular formula is C18H22Cl2O6. The number of carbonyl (C=O) groups excluding carboxylic acids is 1. The van der Waals surface area contributed by atoms with E-state index < -0.39 is 42.5 Å². The van der Waals surface area contributed by atoms with Crippen LogP contribution >= 0.6 is 23.2 Å². The van der Waals surface area contributed by atoms with Crippen LogP contribution in [0.4, 0.5) is 0 Å². The van der Waals surface area contributed by atoms with E-state index in [0.717, 1.165) is 5.56 Å². The van der Waals surface area contributed by atoms with E-state index in [1.54, 1.807) is 19.1 Å². The third-order valence-corrected chi connectivity index (χ3v) is 4.74. The molecule has 0 saturated carbocycles. The molecule has 0 radical (unpaired) electrons. The Morgan fingerprint density at radius 2 is 1.96 bits per heavy atom. The molecule has 26 heavy (non-hydrogen) atoms. The molecule has 5 atom stereocenters. The van der Waals surface area contributed by atoms with Crippen molar-refractivity contribution >= 4 is 29.2 Å². The molecule has 2 saturated heterocycles. The van der Waals surface area contributed by atoms with E-state index in [4.69, 9.17) is 46.9 Å². The van der Waals surface area contributed by atoms with Gasteiger partial charge >= 0.3 is 5.97 Å². The van der Waals surface area contributed by atoms with Gasteiger partial charge in [-0.05, 0) is 38.5 Å². The van der Waals surface area contributed by atoms with E-state index in [0.29, 0.717) is 11.6 Å². The van der Waals surface area contributed by atoms with Crippen LogP contribution in [0.15, 0.2) is 24.3 Å². The van der Waals surface area contributed by atoms with Crippen molar-refractivity contribution in [2.45, 2.75) is 63.9 Å². The highest BCUT2D eigenvalue weighted by Crippen LogP contribution is 2.40. The van der Waals surface area contributed by atoms with Crippen LogP contribution in [0.25, 0.3) is 0 Å². The molecule has 0 N–H and O–H groups in total. The first-order valence-corrected chi connectivity index (χ1v) is 9.33. The van der Waals surface area contributed by atoms with Crippen molar-refractivity contribution in [2.75, 3.05) is 5.88 Å². The largest absolute Gasteiger partial charge is 0.459 e. The van der Waals surface area contributed by atoms with Gasteiger partial charge in [0.25, 0.3) is 0 Å². The highest BCUT2D eigenvalue weighted by Gasteiger charge is 2.57. The minimum Gasteiger partial charge on any atom is -0.459 e. The summed E-state index contributed by atoms with van der Waals surface area (Å²) in [5.74, 6) is -1.50. The van der Waals surface area contributed by atoms with Gasteiger partial charge in [-0.2, -0.15) is 0 Å². The second-order valence-electron chi connectivity index (χ2n) is 6.80. The summed E-state index contributed by atoms with van der Waals surface area (Å²) in [5, 5.41) is 0.659. The van der Waals surface area contributed by atoms with Crippen LogP contribution in [-0.4, -0.2) is 48.3 Å². The van der Waals surface area contributed by atoms with Crippen molar-refractivity contribution in [3.63, 3.8) is 0 Å². The Morgan fingerprint density at radius 3 is 2.62 bits per heavy atom. The van der Waals surface area contributed by atoms with E-state index in [1.165, 1.54) is 0 Å². The van der Waals surface area contributed by atoms with Crippen molar-refractivity contribution in [1.82, 2.24) is 0 Å². The molecule has 1 aromatic carbocycles. The van der Waals surface area contributed by atoms with E-state index in [2.05, 4.69) is 0 Å². The number of ether oxygens (including phenoxy) is 5. The number of esters is 1. The predicted octanol–water partition coefficient (Wildman–Crippen LogP) is 3.27. The van der Waals surface area contributed by atoms with Crippen molar-refractivity contribution in [3.8, 4) is 0 Å². The number of hydrogen-bond donors (Lipinski definition) is 0. The van der Waals surface area contributed by atoms with Crippen LogP contribution in [0, 0.1) is 0 Å². The Kier molecular flexibility index (Phi) is 6.11. The van der Waals surface area contributed by atoms with Gasteiger partial charge in [0.05, 0.1) is 6.61 Å². The Balaban J connectivity index is 1.71. The van der Waals surface area contributed by atoms with Gasteiger partial charge in [0.2, 0.25) is 0 Å². The highest BCUT2D eigenvalue weighted by atomic mass is 35.5. The average molecular weight is 405 g/mol. The molecule has 3 rings (SSSR count). The second kappa shape index (κ2) is 8.00. The first kappa shape index (κ1) is 19.9. The summed E-state index contributed by atoms with van der Waals surface area (Å²) in [5.41, 5.74) is 0.959. The van der Waals surface area contributed by atoms with Gasteiger partial charge in [-0.15, -0.1) is 11.6 Å². The quantitative estimate of drug-likeness (QED) is 0.535. The molecule has 144 valence electrons. The van der Waals surface area contributed by atoms with E-state index in [1.807, 2.05) is 26.0 Å². The highest BCUT2D eigenvalue weighted by molar-refractivity contribution is 6.30. The van der Waals surface area contributed by atoms with Crippen LogP contribution in [0.3, 0.4) is 0 Å². The van der Waals surface area contributed by atoms with Gasteiger partial charge < -0.3 is 23.7 Å². The lowest BCUT2D eigenvalue weighted by atomic mass is 10.1. The maximum Gasteiger partial charge on any atom is 0.321 e. The summed E-state index contributed by atoms with van der Waals surface area (Å²) < 4.78 is 29.0. The third kappa shape index (κ3) is 4.50. The summed E-state index contributed by atoms with van der Waals surface area (Å²) in [4.78, 5) is 11.5. The smallest absolute Gasteiger partial charge is 0.321 e. The first-order valence-electron chi connectivity index (χ1n) is 8.41. The van der Waals surface area contributed by atoms with Crippen LogP contribution in [0.1, 0.15) is 26.3 Å². The van der Waals surface area contributed by atoms with E-state index in [9.17, 15) is 4.79 Å². The summed E-state index contributed by atoms with van der Waals surface area (Å²) >= 11 is 11.4. The molecule has 0 bridgehead atoms. The van der Waals surface area contributed by atoms with Crippen molar-refractivity contribution in [1.29, 1.82) is 0 Å². The number of rotatable bonds is 6. The lowest BCUT2D eigenvalue weighted by molar-refractivity contribution is -0.231. The van der Waals surface area contributed by atoms with Crippen molar-refractivity contribution in [2.24, 2.45) is 0 Å². The predicted molar refractivity (Wildman–Crippen MR) is 95.0 cm³/mol. The lowest BCUT2D eigenvalue weighted by Crippen LogP contribution is -2.43. The van der Waals surface area contributed by atoms with Crippen LogP contribution in [0.5, 0.6) is 0 Å². The SMILES string of the molecule is C[C@@H](OC(=O)CCl)[C@H]1O[C@@H]2OC(C)(C)O[C@@H]2[C@H]1OCc1ccc(Cl)cc1. The zero-order chi connectivity index (χ0) is 18.9. The number of halogens is 2. The monoisotopic (exact) mass is 404 g/mol. The zero-order valence-corrected chi connectivity index (χ0v) is 16.3. The van der Waals surface area contributed by atoms with Gasteiger partial charge in [0, 0.05) is 5.02 Å². The Bertz CT molecular complexity index is 635. The second-order valence-corrected chi connectivity index (χ2v) is 7.50. The fourth-order valence-corrected chi connectivity index (χ4v) is 3.34. The molecular weight excluding hydrogens is 383 g/mol. The zero-order valence-electron chi connectivity index (χ0n) is 14.8. The number of hydrogen-bond acceptors (Lipinski definition) is 6. The molecule has 0 unspecified atom stereocenters. The summed E-state index contributed by atoms with van der Waals surface area (Å²) in [6, 6.07) is 7.37. The van der Waals surface area contributed by atoms with Gasteiger partial charge in [-0.3, -0.25) is 4.79 Å². The molecule has 2 heterocycles. The van der Waals surface area contributed by atoms with Gasteiger partial charge in [0.15, 0.2) is 12.1 Å². The fourth-order valence-electron chi connectivity index (χ4n) is 3.15. The Hall–Kier alpha value is -0.890. The summed E-state index contributed by atoms with van der Waals surface area (Å²) in [6.45, 7) is 5.71. The van der Waals surface area contributed by atoms with Gasteiger partial charge in [0.1, 0.15) is 30.3 Å². The molecule has 0 amide bonds. The molecule has 0 aliphatic carbocycles. The topological polar surface area (TPSA) is 63.2 Å². The number of fused-ring (bicyclic) bond motifs is 1. The van der Waals surface area contributed by atoms with Crippen LogP contribution in [-0.2, 0) is 35.1 Å². The maximum atomic E-state index is 11.5. The fraction of sp³-hybridized carbons (Fsp3) is 0.611. The minimum absolute atomic E-state index is 0.222. The molecule has 1 aromatic rings. The molecule has 2 aliphatic heterocycles. The molecule has 2 fully saturated rings. The number of alkyl halides is 1. The first-order chi connectivity index (χ1) is 12.3. The minimum atomic E-state index is -0.766. The Morgan fingerprint density at radius 1 is 1.27 bits per heavy atom. The summed E-state index contributed by atoms with van der Waals surface area (Å²) in [6.07, 6.45) is -2.55. The number of carbonyl (C=O) groups is 1. The van der Waals surface area contributed by atoms with E-state index in [-0.39, 0.29) is 5.88 Å². The lowest BCUT2D eigenvalue weighted by Gasteiger charge is -2.29. The normalized spacial score (nSPS) is 30.8. The van der Waals surface area contributed by atoms with Crippen LogP contribution < -0.4 is 0 Å². The molecule has 0 aromatic heterocycles. The Labute approximate surface area is 162 Å². The van der Waals surface area contributed by atoms with Gasteiger partial charge in [-0.25, -0.2) is 0 Å². The van der Waals surface area contributed by atoms with Gasteiger partial charge in [-0.1, -0.05) is 23.7 Å². The summed E-state index contributed by atoms with van der Waals surface area (Å²) in [7, 11) is 0. The molecule has 6 nitrogen and oxygen atoms in total.